The van der Waals surface area contributed by atoms with E-state index in [1.165, 1.54) is 318 Å². The maximum Gasteiger partial charge on any atom is 0.324 e. The number of rotatable bonds is 41. The fourth-order valence-corrected chi connectivity index (χ4v) is 9.06. The van der Waals surface area contributed by atoms with Crippen molar-refractivity contribution in [2.24, 2.45) is 0 Å². The van der Waals surface area contributed by atoms with E-state index in [9.17, 15) is 0 Å². The number of benzene rings is 2. The first-order chi connectivity index (χ1) is 41.0. The lowest BCUT2D eigenvalue weighted by molar-refractivity contribution is 0.366. The molecule has 518 valence electrons. The molecule has 0 fully saturated rings. The Labute approximate surface area is 545 Å². The summed E-state index contributed by atoms with van der Waals surface area (Å²) in [5.74, 6) is 0. The second-order valence-electron chi connectivity index (χ2n) is 26.5. The molecule has 6 nitrogen and oxygen atoms in total. The summed E-state index contributed by atoms with van der Waals surface area (Å²) in [7, 11) is -5.24. The summed E-state index contributed by atoms with van der Waals surface area (Å²) in [5, 5.41) is 0. The van der Waals surface area contributed by atoms with E-state index in [-0.39, 0.29) is 10.8 Å². The van der Waals surface area contributed by atoms with Gasteiger partial charge in [0.25, 0.3) is 0 Å². The van der Waals surface area contributed by atoms with Crippen molar-refractivity contribution in [2.75, 3.05) is 0 Å². The van der Waals surface area contributed by atoms with E-state index < -0.39 is 17.2 Å². The smallest absolute Gasteiger partial charge is 0.324 e. The zero-order chi connectivity index (χ0) is 66.6. The molecular weight excluding hydrogens is 1090 g/mol. The quantitative estimate of drug-likeness (QED) is 0.0291. The predicted molar refractivity (Wildman–Crippen MR) is 396 cm³/mol. The van der Waals surface area contributed by atoms with E-state index in [1.54, 1.807) is 0 Å². The van der Waals surface area contributed by atoms with Crippen LogP contribution in [0.1, 0.15) is 428 Å². The third-order valence-electron chi connectivity index (χ3n) is 15.2. The van der Waals surface area contributed by atoms with Crippen LogP contribution in [0, 0.1) is 13.8 Å². The van der Waals surface area contributed by atoms with Crippen molar-refractivity contribution in [3.05, 3.63) is 70.8 Å². The van der Waals surface area contributed by atoms with Crippen molar-refractivity contribution in [2.45, 2.75) is 431 Å². The highest BCUT2D eigenvalue weighted by Gasteiger charge is 2.13. The molecule has 2 aromatic rings. The number of hydrogen-bond acceptors (Lipinski definition) is 6. The van der Waals surface area contributed by atoms with Gasteiger partial charge >= 0.3 is 17.2 Å². The molecule has 0 amide bonds. The zero-order valence-corrected chi connectivity index (χ0v) is 63.5. The molecule has 0 saturated heterocycles. The first-order valence-corrected chi connectivity index (χ1v) is 39.3. The highest BCUT2D eigenvalue weighted by atomic mass is 31.2. The lowest BCUT2D eigenvalue weighted by atomic mass is 9.87. The minimum Gasteiger partial charge on any atom is -0.328 e. The topological polar surface area (TPSA) is 121 Å². The molecule has 0 aromatic heterocycles. The molecule has 8 heteroatoms. The van der Waals surface area contributed by atoms with Gasteiger partial charge in [-0.1, -0.05) is 466 Å². The molecule has 0 aliphatic rings. The van der Waals surface area contributed by atoms with Gasteiger partial charge in [0.15, 0.2) is 0 Å². The van der Waals surface area contributed by atoms with E-state index in [2.05, 4.69) is 173 Å². The monoisotopic (exact) mass is 1260 g/mol. The van der Waals surface area contributed by atoms with Crippen LogP contribution in [-0.2, 0) is 10.8 Å². The molecule has 0 bridgehead atoms. The van der Waals surface area contributed by atoms with Gasteiger partial charge < -0.3 is 29.4 Å². The molecule has 0 spiro atoms. The summed E-state index contributed by atoms with van der Waals surface area (Å²) < 4.78 is 0. The second-order valence-corrected chi connectivity index (χ2v) is 27.6. The van der Waals surface area contributed by atoms with Crippen molar-refractivity contribution in [1.29, 1.82) is 0 Å². The van der Waals surface area contributed by atoms with Crippen LogP contribution in [0.5, 0.6) is 0 Å². The van der Waals surface area contributed by atoms with Crippen LogP contribution >= 0.6 is 17.2 Å². The van der Waals surface area contributed by atoms with Crippen LogP contribution in [0.25, 0.3) is 0 Å². The number of aryl methyl sites for hydroxylation is 2. The molecule has 0 heterocycles. The van der Waals surface area contributed by atoms with Gasteiger partial charge in [0.05, 0.1) is 0 Å². The van der Waals surface area contributed by atoms with Crippen LogP contribution in [-0.4, -0.2) is 29.4 Å². The Morgan fingerprint density at radius 3 is 0.395 bits per heavy atom. The van der Waals surface area contributed by atoms with Gasteiger partial charge in [-0.25, -0.2) is 0 Å². The Balaban J connectivity index is -0.000000168. The summed E-state index contributed by atoms with van der Waals surface area (Å²) >= 11 is 0. The molecule has 0 atom stereocenters. The molecular formula is C78H160O6P2. The zero-order valence-electron chi connectivity index (χ0n) is 61.7. The third-order valence-corrected chi connectivity index (χ3v) is 15.2. The maximum atomic E-state index is 7.23. The lowest BCUT2D eigenvalue weighted by Crippen LogP contribution is -2.10. The van der Waals surface area contributed by atoms with Crippen molar-refractivity contribution in [1.82, 2.24) is 0 Å². The average Bonchev–Trinajstić information content (AvgIpc) is 3.26. The summed E-state index contributed by atoms with van der Waals surface area (Å²) in [5.41, 5.74) is 6.05. The van der Waals surface area contributed by atoms with Crippen LogP contribution in [0.15, 0.2) is 48.5 Å². The molecule has 0 radical (unpaired) electrons. The van der Waals surface area contributed by atoms with Gasteiger partial charge in [0.1, 0.15) is 0 Å². The van der Waals surface area contributed by atoms with Gasteiger partial charge in [0, 0.05) is 0 Å². The normalized spacial score (nSPS) is 10.6. The SMILES string of the molecule is CCCC.CCCCCCCCCCCCC.CCCCCCCCCCCCC.CCCCCCCCCCCCC.CCCCCCCCCCCCC.Cc1ccc(C(C)(C)C)cc1.Cc1ccc(C(C)(C)C)cc1.OP(O)O.OP(O)O. The minimum absolute atomic E-state index is 0.285. The van der Waals surface area contributed by atoms with Crippen molar-refractivity contribution in [3.63, 3.8) is 0 Å². The second kappa shape index (κ2) is 84.1. The molecule has 2 aromatic carbocycles. The summed E-state index contributed by atoms with van der Waals surface area (Å²) in [6.45, 7) is 40.3. The Bertz CT molecular complexity index is 1210. The van der Waals surface area contributed by atoms with E-state index in [1.807, 2.05) is 0 Å². The van der Waals surface area contributed by atoms with Crippen molar-refractivity contribution < 1.29 is 29.4 Å². The summed E-state index contributed by atoms with van der Waals surface area (Å²) in [4.78, 5) is 43.4. The number of unbranched alkanes of at least 4 members (excludes halogenated alkanes) is 41. The minimum atomic E-state index is -2.62. The first-order valence-electron chi connectivity index (χ1n) is 36.9. The molecule has 2 rings (SSSR count). The van der Waals surface area contributed by atoms with Gasteiger partial charge in [0.2, 0.25) is 0 Å². The molecule has 6 N–H and O–H groups in total. The van der Waals surface area contributed by atoms with Crippen molar-refractivity contribution >= 4 is 17.2 Å². The molecule has 86 heavy (non-hydrogen) atoms. The van der Waals surface area contributed by atoms with Crippen LogP contribution in [0.3, 0.4) is 0 Å². The summed E-state index contributed by atoms with van der Waals surface area (Å²) in [6.07, 6.45) is 66.4. The fourth-order valence-electron chi connectivity index (χ4n) is 9.06. The highest BCUT2D eigenvalue weighted by Crippen LogP contribution is 2.23. The first kappa shape index (κ1) is 98.6. The predicted octanol–water partition coefficient (Wildman–Crippen LogP) is 28.0. The average molecular weight is 1260 g/mol. The van der Waals surface area contributed by atoms with Gasteiger partial charge in [-0.2, -0.15) is 0 Å². The maximum absolute atomic E-state index is 7.23. The third kappa shape index (κ3) is 108. The Morgan fingerprint density at radius 1 is 0.209 bits per heavy atom. The van der Waals surface area contributed by atoms with E-state index in [4.69, 9.17) is 29.4 Å². The summed E-state index contributed by atoms with van der Waals surface area (Å²) in [6, 6.07) is 17.5. The van der Waals surface area contributed by atoms with Gasteiger partial charge in [-0.05, 0) is 35.8 Å². The van der Waals surface area contributed by atoms with E-state index in [0.717, 1.165) is 0 Å². The van der Waals surface area contributed by atoms with Gasteiger partial charge in [-0.3, -0.25) is 0 Å². The Kier molecular flexibility index (Phi) is 96.4. The van der Waals surface area contributed by atoms with E-state index in [0.29, 0.717) is 0 Å². The van der Waals surface area contributed by atoms with Crippen molar-refractivity contribution in [3.8, 4) is 0 Å². The standard InChI is InChI=1S/4C13H28.2C11H16.C4H10.2H3O3P/c4*1-3-5-7-9-11-13-12-10-8-6-4-2;2*1-9-5-7-10(8-6-9)11(2,3)4;1-3-4-2;2*1-4(2)3/h4*3-13H2,1-2H3;2*5-8H,1-4H3;3-4H2,1-2H3;2*1-3H. The van der Waals surface area contributed by atoms with Crippen LogP contribution in [0.2, 0.25) is 0 Å². The molecule has 0 aliphatic carbocycles. The Hall–Kier alpha value is -0.940. The lowest BCUT2D eigenvalue weighted by Gasteiger charge is -2.18. The molecule has 0 unspecified atom stereocenters. The molecule has 0 aliphatic heterocycles. The van der Waals surface area contributed by atoms with Crippen LogP contribution in [0.4, 0.5) is 0 Å². The van der Waals surface area contributed by atoms with Crippen LogP contribution < -0.4 is 0 Å². The highest BCUT2D eigenvalue weighted by molar-refractivity contribution is 7.38. The van der Waals surface area contributed by atoms with Gasteiger partial charge in [-0.15, -0.1) is 0 Å². The number of hydrogen-bond donors (Lipinski definition) is 6. The fraction of sp³-hybridized carbons (Fsp3) is 0.846. The molecule has 0 saturated carbocycles. The largest absolute Gasteiger partial charge is 0.328 e. The Morgan fingerprint density at radius 2 is 0.314 bits per heavy atom. The van der Waals surface area contributed by atoms with E-state index >= 15 is 0 Å².